The van der Waals surface area contributed by atoms with Crippen molar-refractivity contribution in [2.75, 3.05) is 26.3 Å². The van der Waals surface area contributed by atoms with Gasteiger partial charge < -0.3 is 19.5 Å². The van der Waals surface area contributed by atoms with Crippen LogP contribution >= 0.6 is 0 Å². The van der Waals surface area contributed by atoms with Gasteiger partial charge in [-0.25, -0.2) is 8.42 Å². The molecule has 0 spiro atoms. The topological polar surface area (TPSA) is 94.2 Å². The van der Waals surface area contributed by atoms with E-state index in [1.165, 1.54) is 22.5 Å². The Morgan fingerprint density at radius 3 is 2.81 bits per heavy atom. The molecule has 8 nitrogen and oxygen atoms in total. The number of amides is 1. The number of nitrogens with zero attached hydrogens (tertiary/aromatic N) is 1. The lowest BCUT2D eigenvalue weighted by atomic mass is 9.94. The van der Waals surface area contributed by atoms with E-state index in [1.54, 1.807) is 6.07 Å². The van der Waals surface area contributed by atoms with Gasteiger partial charge in [-0.15, -0.1) is 0 Å². The molecule has 3 aliphatic heterocycles. The molecular weight excluding hydrogens is 372 g/mol. The number of fused-ring (bicyclic) bond motifs is 2. The molecule has 3 unspecified atom stereocenters. The van der Waals surface area contributed by atoms with Crippen LogP contribution in [0, 0.1) is 5.92 Å². The SMILES string of the molecule is C=CC(=O)NC1CC2CCN(S(=O)(=O)c3ccc4c(c3)OCCO4)CC2O1. The Bertz CT molecular complexity index is 855. The first-order valence-corrected chi connectivity index (χ1v) is 10.4. The van der Waals surface area contributed by atoms with Gasteiger partial charge in [0, 0.05) is 19.2 Å². The summed E-state index contributed by atoms with van der Waals surface area (Å²) in [6, 6.07) is 4.68. The molecule has 1 N–H and O–H groups in total. The van der Waals surface area contributed by atoms with E-state index in [2.05, 4.69) is 11.9 Å². The van der Waals surface area contributed by atoms with Gasteiger partial charge in [-0.3, -0.25) is 4.79 Å². The number of hydrogen-bond acceptors (Lipinski definition) is 6. The van der Waals surface area contributed by atoms with Gasteiger partial charge in [-0.2, -0.15) is 4.31 Å². The van der Waals surface area contributed by atoms with Crippen molar-refractivity contribution >= 4 is 15.9 Å². The average molecular weight is 394 g/mol. The molecule has 9 heteroatoms. The molecule has 1 aromatic carbocycles. The van der Waals surface area contributed by atoms with Gasteiger partial charge in [-0.05, 0) is 37.0 Å². The van der Waals surface area contributed by atoms with Crippen molar-refractivity contribution in [3.63, 3.8) is 0 Å². The number of nitrogens with one attached hydrogen (secondary N) is 1. The Morgan fingerprint density at radius 2 is 2.04 bits per heavy atom. The molecule has 3 atom stereocenters. The number of piperidine rings is 1. The number of carbonyl (C=O) groups is 1. The molecule has 0 saturated carbocycles. The molecule has 3 heterocycles. The van der Waals surface area contributed by atoms with E-state index in [9.17, 15) is 13.2 Å². The molecule has 2 fully saturated rings. The normalized spacial score (nSPS) is 27.6. The smallest absolute Gasteiger partial charge is 0.245 e. The maximum absolute atomic E-state index is 13.1. The number of ether oxygens (including phenoxy) is 3. The molecule has 27 heavy (non-hydrogen) atoms. The molecule has 4 rings (SSSR count). The minimum Gasteiger partial charge on any atom is -0.486 e. The minimum atomic E-state index is -3.67. The van der Waals surface area contributed by atoms with Crippen LogP contribution in [0.3, 0.4) is 0 Å². The van der Waals surface area contributed by atoms with E-state index in [4.69, 9.17) is 14.2 Å². The van der Waals surface area contributed by atoms with Crippen LogP contribution in [0.4, 0.5) is 0 Å². The van der Waals surface area contributed by atoms with Crippen molar-refractivity contribution in [3.8, 4) is 11.5 Å². The van der Waals surface area contributed by atoms with E-state index < -0.39 is 16.3 Å². The highest BCUT2D eigenvalue weighted by Crippen LogP contribution is 2.36. The van der Waals surface area contributed by atoms with Gasteiger partial charge >= 0.3 is 0 Å². The molecule has 0 aliphatic carbocycles. The predicted molar refractivity (Wildman–Crippen MR) is 95.9 cm³/mol. The molecule has 2 saturated heterocycles. The fourth-order valence-corrected chi connectivity index (χ4v) is 5.25. The van der Waals surface area contributed by atoms with Gasteiger partial charge in [0.05, 0.1) is 11.0 Å². The van der Waals surface area contributed by atoms with Crippen LogP contribution in [0.25, 0.3) is 0 Å². The third-order valence-electron chi connectivity index (χ3n) is 5.15. The van der Waals surface area contributed by atoms with Gasteiger partial charge in [-0.1, -0.05) is 6.58 Å². The number of benzene rings is 1. The van der Waals surface area contributed by atoms with E-state index in [0.29, 0.717) is 44.1 Å². The number of hydrogen-bond donors (Lipinski definition) is 1. The van der Waals surface area contributed by atoms with Crippen molar-refractivity contribution in [1.29, 1.82) is 0 Å². The monoisotopic (exact) mass is 394 g/mol. The summed E-state index contributed by atoms with van der Waals surface area (Å²) < 4.78 is 44.4. The number of rotatable bonds is 4. The van der Waals surface area contributed by atoms with Crippen LogP contribution in [0.1, 0.15) is 12.8 Å². The standard InChI is InChI=1S/C18H22N2O6S/c1-2-17(21)19-18-9-12-5-6-20(11-16(12)26-18)27(22,23)13-3-4-14-15(10-13)25-8-7-24-14/h2-4,10,12,16,18H,1,5-9,11H2,(H,19,21). The maximum atomic E-state index is 13.1. The number of sulfonamides is 1. The highest BCUT2D eigenvalue weighted by molar-refractivity contribution is 7.89. The van der Waals surface area contributed by atoms with Crippen LogP contribution in [-0.2, 0) is 19.6 Å². The summed E-state index contributed by atoms with van der Waals surface area (Å²) >= 11 is 0. The first-order chi connectivity index (χ1) is 13.0. The summed E-state index contributed by atoms with van der Waals surface area (Å²) in [5, 5.41) is 2.73. The Kier molecular flexibility index (Phi) is 4.83. The molecule has 0 radical (unpaired) electrons. The maximum Gasteiger partial charge on any atom is 0.245 e. The second-order valence-corrected chi connectivity index (χ2v) is 8.77. The number of carbonyl (C=O) groups excluding carboxylic acids is 1. The molecule has 1 aromatic rings. The Balaban J connectivity index is 1.48. The molecule has 3 aliphatic rings. The second kappa shape index (κ2) is 7.14. The first kappa shape index (κ1) is 18.3. The van der Waals surface area contributed by atoms with Crippen molar-refractivity contribution < 1.29 is 27.4 Å². The fourth-order valence-electron chi connectivity index (χ4n) is 3.76. The van der Waals surface area contributed by atoms with Crippen LogP contribution in [0.2, 0.25) is 0 Å². The van der Waals surface area contributed by atoms with Crippen LogP contribution < -0.4 is 14.8 Å². The van der Waals surface area contributed by atoms with Gasteiger partial charge in [0.1, 0.15) is 19.4 Å². The molecule has 0 aromatic heterocycles. The predicted octanol–water partition coefficient (Wildman–Crippen LogP) is 0.886. The summed E-state index contributed by atoms with van der Waals surface area (Å²) in [6.45, 7) is 4.97. The molecule has 1 amide bonds. The highest BCUT2D eigenvalue weighted by Gasteiger charge is 2.42. The zero-order valence-corrected chi connectivity index (χ0v) is 15.6. The van der Waals surface area contributed by atoms with Crippen molar-refractivity contribution in [1.82, 2.24) is 9.62 Å². The summed E-state index contributed by atoms with van der Waals surface area (Å²) in [7, 11) is -3.67. The lowest BCUT2D eigenvalue weighted by Gasteiger charge is -2.33. The molecular formula is C18H22N2O6S. The summed E-state index contributed by atoms with van der Waals surface area (Å²) in [4.78, 5) is 11.6. The summed E-state index contributed by atoms with van der Waals surface area (Å²) in [5.41, 5.74) is 0. The van der Waals surface area contributed by atoms with Crippen molar-refractivity contribution in [2.24, 2.45) is 5.92 Å². The van der Waals surface area contributed by atoms with E-state index in [0.717, 1.165) is 0 Å². The quantitative estimate of drug-likeness (QED) is 0.762. The molecule has 0 bridgehead atoms. The highest BCUT2D eigenvalue weighted by atomic mass is 32.2. The van der Waals surface area contributed by atoms with E-state index in [1.807, 2.05) is 0 Å². The fraction of sp³-hybridized carbons (Fsp3) is 0.500. The largest absolute Gasteiger partial charge is 0.486 e. The van der Waals surface area contributed by atoms with Gasteiger partial charge in [0.15, 0.2) is 11.5 Å². The Morgan fingerprint density at radius 1 is 1.26 bits per heavy atom. The second-order valence-electron chi connectivity index (χ2n) is 6.83. The third-order valence-corrected chi connectivity index (χ3v) is 7.02. The van der Waals surface area contributed by atoms with Gasteiger partial charge in [0.2, 0.25) is 15.9 Å². The average Bonchev–Trinajstić information content (AvgIpc) is 3.08. The Hall–Kier alpha value is -2.10. The van der Waals surface area contributed by atoms with Crippen molar-refractivity contribution in [2.45, 2.75) is 30.1 Å². The van der Waals surface area contributed by atoms with E-state index >= 15 is 0 Å². The zero-order valence-electron chi connectivity index (χ0n) is 14.8. The van der Waals surface area contributed by atoms with Crippen LogP contribution in [0.15, 0.2) is 35.7 Å². The Labute approximate surface area is 158 Å². The lowest BCUT2D eigenvalue weighted by molar-refractivity contribution is -0.120. The van der Waals surface area contributed by atoms with E-state index in [-0.39, 0.29) is 29.4 Å². The van der Waals surface area contributed by atoms with Gasteiger partial charge in [0.25, 0.3) is 0 Å². The van der Waals surface area contributed by atoms with Crippen LogP contribution in [0.5, 0.6) is 11.5 Å². The third kappa shape index (κ3) is 3.54. The first-order valence-electron chi connectivity index (χ1n) is 8.95. The van der Waals surface area contributed by atoms with Crippen molar-refractivity contribution in [3.05, 3.63) is 30.9 Å². The molecule has 146 valence electrons. The summed E-state index contributed by atoms with van der Waals surface area (Å²) in [5.74, 6) is 0.937. The van der Waals surface area contributed by atoms with Crippen LogP contribution in [-0.4, -0.2) is 57.3 Å². The lowest BCUT2D eigenvalue weighted by Crippen LogP contribution is -2.45. The minimum absolute atomic E-state index is 0.180. The zero-order chi connectivity index (χ0) is 19.0. The summed E-state index contributed by atoms with van der Waals surface area (Å²) in [6.07, 6.45) is 1.93.